The molecule has 0 amide bonds. The summed E-state index contributed by atoms with van der Waals surface area (Å²) in [6.07, 6.45) is 13.7. The van der Waals surface area contributed by atoms with Crippen LogP contribution in [0.2, 0.25) is 0 Å². The topological polar surface area (TPSA) is 74.3 Å². The predicted octanol–water partition coefficient (Wildman–Crippen LogP) is 3.54. The molecule has 0 spiro atoms. The van der Waals surface area contributed by atoms with E-state index in [1.54, 1.807) is 7.11 Å². The van der Waals surface area contributed by atoms with E-state index in [2.05, 4.69) is 33.4 Å². The molecular formula is C27H37N3O4. The van der Waals surface area contributed by atoms with Gasteiger partial charge in [-0.05, 0) is 80.6 Å². The van der Waals surface area contributed by atoms with Crippen molar-refractivity contribution in [1.82, 2.24) is 15.1 Å². The maximum atomic E-state index is 10.8. The van der Waals surface area contributed by atoms with Gasteiger partial charge in [0.15, 0.2) is 6.61 Å². The van der Waals surface area contributed by atoms with Crippen molar-refractivity contribution >= 4 is 5.97 Å². The van der Waals surface area contributed by atoms with E-state index in [9.17, 15) is 4.79 Å². The maximum Gasteiger partial charge on any atom is 0.341 e. The minimum Gasteiger partial charge on any atom is -0.497 e. The summed E-state index contributed by atoms with van der Waals surface area (Å²) in [5.74, 6) is 0.534. The molecule has 3 aliphatic rings. The molecule has 2 N–H and O–H groups in total. The first-order valence-electron chi connectivity index (χ1n) is 12.4. The number of piperidine rings is 2. The number of benzene rings is 1. The van der Waals surface area contributed by atoms with Crippen molar-refractivity contribution in [3.63, 3.8) is 0 Å². The Labute approximate surface area is 202 Å². The first-order valence-corrected chi connectivity index (χ1v) is 12.4. The number of methoxy groups -OCH3 is 1. The molecule has 1 aliphatic carbocycles. The Morgan fingerprint density at radius 2 is 1.88 bits per heavy atom. The van der Waals surface area contributed by atoms with Crippen molar-refractivity contribution in [2.24, 2.45) is 0 Å². The fraction of sp³-hybridized carbons (Fsp3) is 0.519. The van der Waals surface area contributed by atoms with Crippen LogP contribution in [-0.2, 0) is 16.1 Å². The zero-order valence-corrected chi connectivity index (χ0v) is 20.1. The van der Waals surface area contributed by atoms with Crippen LogP contribution in [-0.4, -0.2) is 72.9 Å². The molecule has 0 saturated carbocycles. The van der Waals surface area contributed by atoms with E-state index in [1.165, 1.54) is 24.0 Å². The summed E-state index contributed by atoms with van der Waals surface area (Å²) >= 11 is 0. The number of hydrogen-bond acceptors (Lipinski definition) is 6. The highest BCUT2D eigenvalue weighted by Crippen LogP contribution is 2.26. The summed E-state index contributed by atoms with van der Waals surface area (Å²) in [4.78, 5) is 16.0. The molecule has 2 fully saturated rings. The highest BCUT2D eigenvalue weighted by molar-refractivity contribution is 5.68. The van der Waals surface area contributed by atoms with Gasteiger partial charge in [0.1, 0.15) is 11.5 Å². The SMILES string of the molecule is COc1ccc(CN(C=C2C=CC(OCC(=O)O)=CC2)C2CCN(C3CCNCC3)CC2)cc1. The number of carboxylic acids is 1. The molecule has 0 radical (unpaired) electrons. The van der Waals surface area contributed by atoms with Crippen molar-refractivity contribution in [2.75, 3.05) is 39.9 Å². The largest absolute Gasteiger partial charge is 0.497 e. The van der Waals surface area contributed by atoms with Crippen LogP contribution in [0.1, 0.15) is 37.7 Å². The van der Waals surface area contributed by atoms with Gasteiger partial charge in [-0.2, -0.15) is 0 Å². The second-order valence-corrected chi connectivity index (χ2v) is 9.30. The lowest BCUT2D eigenvalue weighted by atomic mass is 9.97. The molecule has 2 aliphatic heterocycles. The van der Waals surface area contributed by atoms with Crippen LogP contribution < -0.4 is 10.1 Å². The zero-order valence-electron chi connectivity index (χ0n) is 20.1. The predicted molar refractivity (Wildman–Crippen MR) is 133 cm³/mol. The lowest BCUT2D eigenvalue weighted by molar-refractivity contribution is -0.140. The third-order valence-electron chi connectivity index (χ3n) is 7.01. The average molecular weight is 468 g/mol. The van der Waals surface area contributed by atoms with Crippen molar-refractivity contribution in [2.45, 2.75) is 50.7 Å². The van der Waals surface area contributed by atoms with Gasteiger partial charge in [-0.3, -0.25) is 0 Å². The lowest BCUT2D eigenvalue weighted by Crippen LogP contribution is -2.49. The van der Waals surface area contributed by atoms with Gasteiger partial charge < -0.3 is 29.7 Å². The normalized spacial score (nSPS) is 21.3. The Hall–Kier alpha value is -2.77. The molecule has 0 bridgehead atoms. The molecule has 2 saturated heterocycles. The van der Waals surface area contributed by atoms with Crippen molar-refractivity contribution in [1.29, 1.82) is 0 Å². The quantitative estimate of drug-likeness (QED) is 0.575. The second-order valence-electron chi connectivity index (χ2n) is 9.30. The molecule has 1 aromatic rings. The standard InChI is InChI=1S/C27H37N3O4/c1-33-25-6-2-21(3-7-25)18-30(19-22-4-8-26(9-5-22)34-20-27(31)32)24-12-16-29(17-13-24)23-10-14-28-15-11-23/h2-4,6-9,19,23-24,28H,5,10-18,20H2,1H3,(H,31,32). The summed E-state index contributed by atoms with van der Waals surface area (Å²) in [7, 11) is 1.69. The van der Waals surface area contributed by atoms with Crippen molar-refractivity contribution in [3.8, 4) is 5.75 Å². The highest BCUT2D eigenvalue weighted by atomic mass is 16.5. The van der Waals surface area contributed by atoms with Crippen LogP contribution in [0.3, 0.4) is 0 Å². The van der Waals surface area contributed by atoms with Crippen LogP contribution in [0.25, 0.3) is 0 Å². The molecule has 2 heterocycles. The van der Waals surface area contributed by atoms with E-state index in [0.717, 1.165) is 63.8 Å². The monoisotopic (exact) mass is 467 g/mol. The molecule has 7 heteroatoms. The van der Waals surface area contributed by atoms with Gasteiger partial charge in [0.25, 0.3) is 0 Å². The first kappa shape index (κ1) is 24.4. The Bertz CT molecular complexity index is 895. The Balaban J connectivity index is 1.42. The number of nitrogens with one attached hydrogen (secondary N) is 1. The van der Waals surface area contributed by atoms with Crippen molar-refractivity contribution < 1.29 is 19.4 Å². The summed E-state index contributed by atoms with van der Waals surface area (Å²) < 4.78 is 10.6. The lowest BCUT2D eigenvalue weighted by Gasteiger charge is -2.42. The molecule has 1 aromatic carbocycles. The number of rotatable bonds is 9. The molecule has 34 heavy (non-hydrogen) atoms. The van der Waals surface area contributed by atoms with Crippen LogP contribution >= 0.6 is 0 Å². The van der Waals surface area contributed by atoms with Crippen LogP contribution in [0.15, 0.2) is 60.0 Å². The number of allylic oxidation sites excluding steroid dienone is 4. The summed E-state index contributed by atoms with van der Waals surface area (Å²) in [5, 5.41) is 12.3. The van der Waals surface area contributed by atoms with Gasteiger partial charge >= 0.3 is 5.97 Å². The average Bonchev–Trinajstić information content (AvgIpc) is 2.89. The fourth-order valence-corrected chi connectivity index (χ4v) is 5.08. The number of ether oxygens (including phenoxy) is 2. The highest BCUT2D eigenvalue weighted by Gasteiger charge is 2.28. The van der Waals surface area contributed by atoms with E-state index >= 15 is 0 Å². The smallest absolute Gasteiger partial charge is 0.341 e. The van der Waals surface area contributed by atoms with Gasteiger partial charge in [0, 0.05) is 37.9 Å². The molecule has 0 aromatic heterocycles. The number of likely N-dealkylation sites (tertiary alicyclic amines) is 1. The Kier molecular flexibility index (Phi) is 8.66. The molecule has 0 atom stereocenters. The van der Waals surface area contributed by atoms with Gasteiger partial charge in [-0.15, -0.1) is 0 Å². The zero-order chi connectivity index (χ0) is 23.8. The van der Waals surface area contributed by atoms with Gasteiger partial charge in [-0.25, -0.2) is 4.79 Å². The number of aliphatic carboxylic acids is 1. The van der Waals surface area contributed by atoms with Crippen LogP contribution in [0.4, 0.5) is 0 Å². The Morgan fingerprint density at radius 3 is 2.50 bits per heavy atom. The third kappa shape index (κ3) is 6.87. The van der Waals surface area contributed by atoms with E-state index in [4.69, 9.17) is 14.6 Å². The van der Waals surface area contributed by atoms with Gasteiger partial charge in [0.2, 0.25) is 0 Å². The number of carboxylic acid groups (broad SMARTS) is 1. The fourth-order valence-electron chi connectivity index (χ4n) is 5.08. The minimum atomic E-state index is -0.961. The number of carbonyl (C=O) groups is 1. The molecule has 0 unspecified atom stereocenters. The number of nitrogens with zero attached hydrogens (tertiary/aromatic N) is 2. The molecule has 7 nitrogen and oxygen atoms in total. The summed E-state index contributed by atoms with van der Waals surface area (Å²) in [6, 6.07) is 9.55. The Morgan fingerprint density at radius 1 is 1.15 bits per heavy atom. The molecule has 4 rings (SSSR count). The maximum absolute atomic E-state index is 10.8. The van der Waals surface area contributed by atoms with E-state index in [0.29, 0.717) is 11.8 Å². The van der Waals surface area contributed by atoms with Gasteiger partial charge in [0.05, 0.1) is 7.11 Å². The second kappa shape index (κ2) is 12.1. The van der Waals surface area contributed by atoms with Gasteiger partial charge in [-0.1, -0.05) is 18.2 Å². The van der Waals surface area contributed by atoms with Crippen LogP contribution in [0, 0.1) is 0 Å². The van der Waals surface area contributed by atoms with E-state index in [-0.39, 0.29) is 6.61 Å². The van der Waals surface area contributed by atoms with E-state index < -0.39 is 5.97 Å². The van der Waals surface area contributed by atoms with Crippen molar-refractivity contribution in [3.05, 3.63) is 65.6 Å². The summed E-state index contributed by atoms with van der Waals surface area (Å²) in [5.41, 5.74) is 2.47. The molecule has 184 valence electrons. The third-order valence-corrected chi connectivity index (χ3v) is 7.01. The summed E-state index contributed by atoms with van der Waals surface area (Å²) in [6.45, 7) is 5.12. The first-order chi connectivity index (χ1) is 16.6. The molecular weight excluding hydrogens is 430 g/mol. The minimum absolute atomic E-state index is 0.311. The van der Waals surface area contributed by atoms with Crippen LogP contribution in [0.5, 0.6) is 5.75 Å². The number of hydrogen-bond donors (Lipinski definition) is 2. The van der Waals surface area contributed by atoms with E-state index in [1.807, 2.05) is 30.4 Å².